The molecule has 0 unspecified atom stereocenters. The van der Waals surface area contributed by atoms with Gasteiger partial charge in [0.2, 0.25) is 0 Å². The summed E-state index contributed by atoms with van der Waals surface area (Å²) in [4.78, 5) is 25.5. The van der Waals surface area contributed by atoms with Crippen LogP contribution in [0.5, 0.6) is 5.75 Å². The van der Waals surface area contributed by atoms with E-state index in [-0.39, 0.29) is 5.75 Å². The summed E-state index contributed by atoms with van der Waals surface area (Å²) in [6, 6.07) is 16.7. The Bertz CT molecular complexity index is 1310. The molecule has 144 valence electrons. The van der Waals surface area contributed by atoms with Gasteiger partial charge in [-0.15, -0.1) is 0 Å². The molecule has 2 heterocycles. The van der Waals surface area contributed by atoms with E-state index >= 15 is 0 Å². The van der Waals surface area contributed by atoms with Gasteiger partial charge in [-0.25, -0.2) is 0 Å². The minimum atomic E-state index is -0.408. The third-order valence-electron chi connectivity index (χ3n) is 5.49. The molecule has 1 aromatic heterocycles. The van der Waals surface area contributed by atoms with Crippen molar-refractivity contribution in [3.63, 3.8) is 0 Å². The summed E-state index contributed by atoms with van der Waals surface area (Å²) in [5, 5.41) is 14.0. The summed E-state index contributed by atoms with van der Waals surface area (Å²) in [5.74, 6) is -0.691. The average molecular weight is 385 g/mol. The molecule has 0 saturated heterocycles. The number of aromatic nitrogens is 1. The van der Waals surface area contributed by atoms with Crippen molar-refractivity contribution in [1.82, 2.24) is 9.88 Å². The van der Waals surface area contributed by atoms with Crippen LogP contribution in [0, 0.1) is 0 Å². The van der Waals surface area contributed by atoms with Crippen LogP contribution < -0.4 is 11.1 Å². The normalized spacial score (nSPS) is 13.3. The number of fused-ring (bicyclic) bond motifs is 5. The second-order valence-corrected chi connectivity index (χ2v) is 7.21. The van der Waals surface area contributed by atoms with Gasteiger partial charge >= 0.3 is 0 Å². The predicted molar refractivity (Wildman–Crippen MR) is 112 cm³/mol. The van der Waals surface area contributed by atoms with Crippen molar-refractivity contribution in [3.05, 3.63) is 65.7 Å². The lowest BCUT2D eigenvalue weighted by molar-refractivity contribution is 0.0880. The number of phenolic OH excluding ortho intramolecular Hbond substituents is 1. The molecule has 3 aromatic carbocycles. The van der Waals surface area contributed by atoms with E-state index in [9.17, 15) is 14.7 Å². The van der Waals surface area contributed by atoms with E-state index in [1.165, 1.54) is 0 Å². The Morgan fingerprint density at radius 3 is 2.45 bits per heavy atom. The molecule has 4 N–H and O–H groups in total. The lowest BCUT2D eigenvalue weighted by Crippen LogP contribution is -2.20. The minimum Gasteiger partial charge on any atom is -0.508 e. The number of aromatic hydroxyl groups is 1. The molecule has 0 atom stereocenters. The molecule has 1 aliphatic rings. The van der Waals surface area contributed by atoms with E-state index in [0.717, 1.165) is 34.0 Å². The monoisotopic (exact) mass is 385 g/mol. The number of carbonyl (C=O) groups is 2. The largest absolute Gasteiger partial charge is 0.508 e. The average Bonchev–Trinajstić information content (AvgIpc) is 3.19. The molecule has 0 saturated carbocycles. The number of amides is 2. The van der Waals surface area contributed by atoms with Gasteiger partial charge in [-0.2, -0.15) is 0 Å². The van der Waals surface area contributed by atoms with Crippen LogP contribution in [0.3, 0.4) is 0 Å². The highest BCUT2D eigenvalue weighted by atomic mass is 16.3. The molecule has 1 aliphatic heterocycles. The SMILES string of the molecule is NCCCn1c2ccc(O)cc2c2c3c(c(-c4ccccc4)cc21)C(=O)NC3=O. The molecule has 2 amide bonds. The summed E-state index contributed by atoms with van der Waals surface area (Å²) in [6.45, 7) is 1.21. The van der Waals surface area contributed by atoms with Gasteiger partial charge in [-0.1, -0.05) is 30.3 Å². The number of hydrogen-bond donors (Lipinski definition) is 3. The number of nitrogens with one attached hydrogen (secondary N) is 1. The summed E-state index contributed by atoms with van der Waals surface area (Å²) >= 11 is 0. The van der Waals surface area contributed by atoms with Gasteiger partial charge in [0.15, 0.2) is 0 Å². The van der Waals surface area contributed by atoms with E-state index in [1.54, 1.807) is 12.1 Å². The number of phenols is 1. The van der Waals surface area contributed by atoms with Crippen molar-refractivity contribution in [3.8, 4) is 16.9 Å². The lowest BCUT2D eigenvalue weighted by atomic mass is 9.93. The van der Waals surface area contributed by atoms with Crippen LogP contribution in [0.2, 0.25) is 0 Å². The molecule has 0 spiro atoms. The number of carbonyl (C=O) groups excluding carboxylic acids is 2. The number of hydrogen-bond acceptors (Lipinski definition) is 4. The number of nitrogens with zero attached hydrogens (tertiary/aromatic N) is 1. The van der Waals surface area contributed by atoms with Crippen LogP contribution in [0.1, 0.15) is 27.1 Å². The van der Waals surface area contributed by atoms with E-state index in [1.807, 2.05) is 42.5 Å². The summed E-state index contributed by atoms with van der Waals surface area (Å²) in [6.07, 6.45) is 0.767. The zero-order valence-electron chi connectivity index (χ0n) is 15.6. The maximum Gasteiger partial charge on any atom is 0.259 e. The first-order chi connectivity index (χ1) is 14.1. The quantitative estimate of drug-likeness (QED) is 0.469. The van der Waals surface area contributed by atoms with Crippen molar-refractivity contribution in [2.75, 3.05) is 6.54 Å². The summed E-state index contributed by atoms with van der Waals surface area (Å²) < 4.78 is 2.11. The fourth-order valence-electron chi connectivity index (χ4n) is 4.27. The fourth-order valence-corrected chi connectivity index (χ4v) is 4.27. The van der Waals surface area contributed by atoms with Crippen LogP contribution in [0.25, 0.3) is 32.9 Å². The Labute approximate surface area is 166 Å². The Kier molecular flexibility index (Phi) is 3.89. The zero-order chi connectivity index (χ0) is 20.1. The molecule has 6 heteroatoms. The van der Waals surface area contributed by atoms with Crippen molar-refractivity contribution in [1.29, 1.82) is 0 Å². The first-order valence-corrected chi connectivity index (χ1v) is 9.53. The lowest BCUT2D eigenvalue weighted by Gasteiger charge is -2.11. The molecule has 6 nitrogen and oxygen atoms in total. The van der Waals surface area contributed by atoms with Crippen molar-refractivity contribution in [2.24, 2.45) is 5.73 Å². The number of aryl methyl sites for hydroxylation is 1. The topological polar surface area (TPSA) is 97.3 Å². The smallest absolute Gasteiger partial charge is 0.259 e. The standard InChI is InChI=1S/C23H19N3O3/c24-9-4-10-26-17-8-7-14(27)11-16(17)19-18(26)12-15(13-5-2-1-3-6-13)20-21(19)23(29)25-22(20)28/h1-3,5-8,11-12,27H,4,9-10,24H2,(H,25,28,29). The van der Waals surface area contributed by atoms with Crippen LogP contribution in [0.15, 0.2) is 54.6 Å². The van der Waals surface area contributed by atoms with Crippen molar-refractivity contribution in [2.45, 2.75) is 13.0 Å². The van der Waals surface area contributed by atoms with E-state index < -0.39 is 11.8 Å². The summed E-state index contributed by atoms with van der Waals surface area (Å²) in [5.41, 5.74) is 9.83. The van der Waals surface area contributed by atoms with Gasteiger partial charge < -0.3 is 15.4 Å². The van der Waals surface area contributed by atoms with Gasteiger partial charge in [0.05, 0.1) is 16.6 Å². The second-order valence-electron chi connectivity index (χ2n) is 7.21. The van der Waals surface area contributed by atoms with Gasteiger partial charge in [-0.3, -0.25) is 14.9 Å². The fraction of sp³-hybridized carbons (Fsp3) is 0.130. The predicted octanol–water partition coefficient (Wildman–Crippen LogP) is 3.40. The highest BCUT2D eigenvalue weighted by Crippen LogP contribution is 2.41. The number of nitrogens with two attached hydrogens (primary N) is 1. The molecular weight excluding hydrogens is 366 g/mol. The molecule has 0 bridgehead atoms. The van der Waals surface area contributed by atoms with Crippen LogP contribution in [0.4, 0.5) is 0 Å². The van der Waals surface area contributed by atoms with E-state index in [2.05, 4.69) is 9.88 Å². The molecule has 0 fully saturated rings. The van der Waals surface area contributed by atoms with Crippen LogP contribution in [-0.2, 0) is 6.54 Å². The van der Waals surface area contributed by atoms with E-state index in [4.69, 9.17) is 5.73 Å². The number of rotatable bonds is 4. The molecule has 0 radical (unpaired) electrons. The Balaban J connectivity index is 1.97. The Hall–Kier alpha value is -3.64. The molecule has 29 heavy (non-hydrogen) atoms. The highest BCUT2D eigenvalue weighted by Gasteiger charge is 2.34. The van der Waals surface area contributed by atoms with Gasteiger partial charge in [0, 0.05) is 22.8 Å². The first-order valence-electron chi connectivity index (χ1n) is 9.53. The highest BCUT2D eigenvalue weighted by molar-refractivity contribution is 6.32. The minimum absolute atomic E-state index is 0.112. The molecule has 0 aliphatic carbocycles. The van der Waals surface area contributed by atoms with E-state index in [0.29, 0.717) is 29.6 Å². The Morgan fingerprint density at radius 1 is 0.931 bits per heavy atom. The second kappa shape index (κ2) is 6.46. The van der Waals surface area contributed by atoms with Crippen LogP contribution >= 0.6 is 0 Å². The first kappa shape index (κ1) is 17.5. The van der Waals surface area contributed by atoms with Crippen molar-refractivity contribution >= 4 is 33.6 Å². The molecule has 4 aromatic rings. The molecular formula is C23H19N3O3. The maximum absolute atomic E-state index is 12.8. The maximum atomic E-state index is 12.8. The van der Waals surface area contributed by atoms with Gasteiger partial charge in [0.1, 0.15) is 5.75 Å². The number of imide groups is 1. The Morgan fingerprint density at radius 2 is 1.69 bits per heavy atom. The molecule has 5 rings (SSSR count). The van der Waals surface area contributed by atoms with Gasteiger partial charge in [-0.05, 0) is 48.4 Å². The number of benzene rings is 3. The van der Waals surface area contributed by atoms with Crippen molar-refractivity contribution < 1.29 is 14.7 Å². The third kappa shape index (κ3) is 2.53. The third-order valence-corrected chi connectivity index (χ3v) is 5.49. The van der Waals surface area contributed by atoms with Gasteiger partial charge in [0.25, 0.3) is 11.8 Å². The summed E-state index contributed by atoms with van der Waals surface area (Å²) in [7, 11) is 0. The van der Waals surface area contributed by atoms with Crippen LogP contribution in [-0.4, -0.2) is 28.0 Å². The zero-order valence-corrected chi connectivity index (χ0v) is 15.6.